The van der Waals surface area contributed by atoms with Crippen molar-refractivity contribution >= 4 is 21.8 Å². The Morgan fingerprint density at radius 3 is 1.70 bits per heavy atom. The van der Waals surface area contributed by atoms with Crippen LogP contribution in [0.2, 0.25) is 0 Å². The van der Waals surface area contributed by atoms with Crippen LogP contribution < -0.4 is 9.30 Å². The van der Waals surface area contributed by atoms with Crippen molar-refractivity contribution in [3.05, 3.63) is 245 Å². The molecule has 5 nitrogen and oxygen atoms in total. The third-order valence-corrected chi connectivity index (χ3v) is 14.9. The summed E-state index contributed by atoms with van der Waals surface area (Å²) in [5.74, 6) is 2.03. The third-order valence-electron chi connectivity index (χ3n) is 14.9. The van der Waals surface area contributed by atoms with Gasteiger partial charge in [-0.15, -0.1) is 29.8 Å². The number of benzene rings is 7. The van der Waals surface area contributed by atoms with Gasteiger partial charge in [0.2, 0.25) is 0 Å². The van der Waals surface area contributed by atoms with Gasteiger partial charge in [0.25, 0.3) is 6.33 Å². The van der Waals surface area contributed by atoms with E-state index in [4.69, 9.17) is 9.72 Å². The minimum atomic E-state index is -0.512. The fraction of sp³-hybridized carbons (Fsp3) is 0.254. The van der Waals surface area contributed by atoms with Gasteiger partial charge in [0.15, 0.2) is 0 Å². The molecule has 0 saturated carbocycles. The summed E-state index contributed by atoms with van der Waals surface area (Å²) in [5.41, 5.74) is 11.8. The molecule has 0 aliphatic heterocycles. The number of nitrogens with zero attached hydrogens (tertiary/aromatic N) is 4. The summed E-state index contributed by atoms with van der Waals surface area (Å²) < 4.78 is 13.8. The number of ether oxygens (including phenoxy) is 1. The normalized spacial score (nSPS) is 12.5. The molecule has 0 saturated heterocycles. The maximum Gasteiger partial charge on any atom is 0.267 e. The van der Waals surface area contributed by atoms with Gasteiger partial charge >= 0.3 is 0 Å². The molecule has 3 heterocycles. The zero-order chi connectivity index (χ0) is 50.8. The van der Waals surface area contributed by atoms with E-state index in [0.29, 0.717) is 11.5 Å². The second-order valence-corrected chi connectivity index (χ2v) is 23.0. The Bertz CT molecular complexity index is 3590. The van der Waals surface area contributed by atoms with Gasteiger partial charge in [0, 0.05) is 60.5 Å². The van der Waals surface area contributed by atoms with Crippen LogP contribution in [0.4, 0.5) is 0 Å². The number of hydrogen-bond donors (Lipinski definition) is 0. The summed E-state index contributed by atoms with van der Waals surface area (Å²) in [5, 5.41) is 2.31. The van der Waals surface area contributed by atoms with Crippen molar-refractivity contribution in [3.8, 4) is 28.7 Å². The second-order valence-electron chi connectivity index (χ2n) is 23.0. The van der Waals surface area contributed by atoms with E-state index >= 15 is 0 Å². The van der Waals surface area contributed by atoms with Crippen LogP contribution in [0.5, 0.6) is 11.5 Å². The molecule has 10 rings (SSSR count). The number of aromatic nitrogens is 4. The zero-order valence-electron chi connectivity index (χ0n) is 44.3. The Balaban J connectivity index is 0.00000656. The fourth-order valence-electron chi connectivity index (χ4n) is 10.6. The van der Waals surface area contributed by atoms with E-state index in [2.05, 4.69) is 285 Å². The Hall–Kier alpha value is -6.81. The maximum atomic E-state index is 7.03. The molecule has 0 radical (unpaired) electrons. The van der Waals surface area contributed by atoms with Gasteiger partial charge in [-0.1, -0.05) is 215 Å². The van der Waals surface area contributed by atoms with E-state index in [1.165, 1.54) is 33.4 Å². The monoisotopic (exact) mass is 1140 g/mol. The van der Waals surface area contributed by atoms with Gasteiger partial charge in [-0.2, -0.15) is 12.1 Å². The molecular weight excluding hydrogens is 1070 g/mol. The Kier molecular flexibility index (Phi) is 13.5. The van der Waals surface area contributed by atoms with Crippen LogP contribution >= 0.6 is 0 Å². The van der Waals surface area contributed by atoms with Crippen LogP contribution in [0.25, 0.3) is 39.0 Å². The smallest absolute Gasteiger partial charge is 0.267 e. The van der Waals surface area contributed by atoms with Crippen molar-refractivity contribution in [2.45, 2.75) is 110 Å². The topological polar surface area (TPSA) is 35.9 Å². The number of para-hydroxylation sites is 1. The number of pyridine rings is 1. The molecule has 0 N–H and O–H groups in total. The van der Waals surface area contributed by atoms with Crippen molar-refractivity contribution < 1.29 is 30.4 Å². The number of hydrogen-bond acceptors (Lipinski definition) is 2. The molecule has 372 valence electrons. The van der Waals surface area contributed by atoms with Crippen molar-refractivity contribution in [3.63, 3.8) is 0 Å². The first-order chi connectivity index (χ1) is 34.2. The first-order valence-corrected chi connectivity index (χ1v) is 25.3. The summed E-state index contributed by atoms with van der Waals surface area (Å²) in [6.07, 6.45) is 5.90. The number of imidazole rings is 1. The fourth-order valence-corrected chi connectivity index (χ4v) is 10.6. The van der Waals surface area contributed by atoms with Crippen LogP contribution in [0, 0.1) is 18.5 Å². The third kappa shape index (κ3) is 9.42. The Morgan fingerprint density at radius 1 is 0.493 bits per heavy atom. The minimum absolute atomic E-state index is 0. The van der Waals surface area contributed by atoms with Crippen LogP contribution in [0.1, 0.15) is 128 Å². The molecule has 7 aromatic carbocycles. The van der Waals surface area contributed by atoms with E-state index in [9.17, 15) is 0 Å². The van der Waals surface area contributed by atoms with E-state index < -0.39 is 10.8 Å². The van der Waals surface area contributed by atoms with E-state index in [0.717, 1.165) is 50.4 Å². The average Bonchev–Trinajstić information content (AvgIpc) is 3.95. The predicted octanol–water partition coefficient (Wildman–Crippen LogP) is 16.0. The van der Waals surface area contributed by atoms with Gasteiger partial charge in [-0.25, -0.2) is 4.98 Å². The van der Waals surface area contributed by atoms with Gasteiger partial charge < -0.3 is 13.9 Å². The molecule has 0 atom stereocenters. The van der Waals surface area contributed by atoms with Crippen LogP contribution in [0.15, 0.2) is 182 Å². The molecule has 0 aliphatic rings. The predicted molar refractivity (Wildman–Crippen MR) is 296 cm³/mol. The van der Waals surface area contributed by atoms with Crippen LogP contribution in [0.3, 0.4) is 0 Å². The number of rotatable bonds is 11. The number of fused-ring (bicyclic) bond motifs is 3. The SMILES string of the molecule is CC(C)(C)c1ccnc(-n2c3[c-]c(Oc4[c-]c(-n5[c-][n+](-c6cccc(C(C)(C)c7ccccc7)c6)c(C(C)(C)c6ccccc6)c5C(C)(C)c5ccccc5)ccc4)cc(C(C)(C)C)c3c3ccccc32)c1.[Pt]. The van der Waals surface area contributed by atoms with Gasteiger partial charge in [0.1, 0.15) is 5.82 Å². The van der Waals surface area contributed by atoms with Crippen molar-refractivity contribution in [1.29, 1.82) is 0 Å². The molecule has 10 aromatic rings. The van der Waals surface area contributed by atoms with Crippen LogP contribution in [-0.2, 0) is 48.1 Å². The summed E-state index contributed by atoms with van der Waals surface area (Å²) >= 11 is 0. The van der Waals surface area contributed by atoms with E-state index in [-0.39, 0.29) is 37.3 Å². The summed E-state index contributed by atoms with van der Waals surface area (Å²) in [6, 6.07) is 70.3. The van der Waals surface area contributed by atoms with Gasteiger partial charge in [-0.3, -0.25) is 4.57 Å². The van der Waals surface area contributed by atoms with Gasteiger partial charge in [-0.05, 0) is 80.1 Å². The molecule has 0 fully saturated rings. The van der Waals surface area contributed by atoms with Crippen molar-refractivity contribution in [1.82, 2.24) is 14.1 Å². The molecular formula is C67H66N4OPt-2. The van der Waals surface area contributed by atoms with Crippen molar-refractivity contribution in [2.24, 2.45) is 0 Å². The van der Waals surface area contributed by atoms with E-state index in [1.54, 1.807) is 0 Å². The largest absolute Gasteiger partial charge is 0.510 e. The molecule has 3 aromatic heterocycles. The Morgan fingerprint density at radius 2 is 1.07 bits per heavy atom. The maximum absolute atomic E-state index is 7.03. The first kappa shape index (κ1) is 51.1. The molecule has 0 unspecified atom stereocenters. The zero-order valence-corrected chi connectivity index (χ0v) is 46.6. The molecule has 73 heavy (non-hydrogen) atoms. The second kappa shape index (κ2) is 19.2. The minimum Gasteiger partial charge on any atom is -0.510 e. The van der Waals surface area contributed by atoms with Crippen LogP contribution in [-0.4, -0.2) is 14.1 Å². The van der Waals surface area contributed by atoms with Crippen molar-refractivity contribution in [2.75, 3.05) is 0 Å². The molecule has 0 aliphatic carbocycles. The van der Waals surface area contributed by atoms with Gasteiger partial charge in [0.05, 0.1) is 17.1 Å². The van der Waals surface area contributed by atoms with E-state index in [1.807, 2.05) is 12.3 Å². The quantitative estimate of drug-likeness (QED) is 0.0956. The molecule has 0 amide bonds. The molecule has 0 spiro atoms. The molecule has 6 heteroatoms. The molecule has 0 bridgehead atoms. The first-order valence-electron chi connectivity index (χ1n) is 25.3. The average molecular weight is 1140 g/mol. The summed E-state index contributed by atoms with van der Waals surface area (Å²) in [6.45, 7) is 27.5. The summed E-state index contributed by atoms with van der Waals surface area (Å²) in [4.78, 5) is 4.98. The standard InChI is InChI=1S/C67H66N4O.Pt/c1-63(2,3)49-38-39-68-59(41-49)71-57-37-23-22-36-55(57)60-56(64(4,5)6)43-54(44-58(60)71)72-53-35-25-34-52(42-53)70-45-69(51-33-24-32-50(40-51)65(7,8)46-26-16-13-17-27-46)61(66(9,10)47-28-18-14-19-29-47)62(70)67(11,12)48-30-20-15-21-31-48;/h13-41,43H,1-12H3;/q-2;. The Labute approximate surface area is 447 Å². The summed E-state index contributed by atoms with van der Waals surface area (Å²) in [7, 11) is 0.